The predicted molar refractivity (Wildman–Crippen MR) is 38.7 cm³/mol. The molecule has 0 bridgehead atoms. The molecule has 0 aliphatic carbocycles. The summed E-state index contributed by atoms with van der Waals surface area (Å²) in [5.41, 5.74) is 2.25. The molecule has 9 heavy (non-hydrogen) atoms. The Balaban J connectivity index is -0.0000000800. The van der Waals surface area contributed by atoms with Gasteiger partial charge in [0.05, 0.1) is 12.5 Å². The third-order valence-corrected chi connectivity index (χ3v) is 0.192. The lowest BCUT2D eigenvalue weighted by molar-refractivity contribution is 0.406. The predicted octanol–water partition coefficient (Wildman–Crippen LogP) is 2.40. The third kappa shape index (κ3) is 283. The van der Waals surface area contributed by atoms with Crippen LogP contribution in [0.3, 0.4) is 0 Å². The number of hydrogen-bond acceptors (Lipinski definition) is 1. The largest absolute Gasteiger partial charge is 0.474 e. The molecule has 0 radical (unpaired) electrons. The van der Waals surface area contributed by atoms with Gasteiger partial charge < -0.3 is 4.74 Å². The van der Waals surface area contributed by atoms with E-state index in [0.717, 1.165) is 0 Å². The quantitative estimate of drug-likeness (QED) is 0.412. The zero-order chi connectivity index (χ0) is 6.83. The molecule has 0 aromatic carbocycles. The van der Waals surface area contributed by atoms with Crippen LogP contribution < -0.4 is 0 Å². The minimum atomic E-state index is 0. The van der Waals surface area contributed by atoms with Gasteiger partial charge in [-0.1, -0.05) is 26.3 Å². The van der Waals surface area contributed by atoms with Crippen LogP contribution in [-0.4, -0.2) is 0 Å². The molecule has 0 aliphatic rings. The van der Waals surface area contributed by atoms with Crippen LogP contribution in [0.2, 0.25) is 0 Å². The van der Waals surface area contributed by atoms with E-state index in [-0.39, 0.29) is 4.70 Å². The number of halogens is 1. The summed E-state index contributed by atoms with van der Waals surface area (Å²) in [4.78, 5) is 0. The lowest BCUT2D eigenvalue weighted by Gasteiger charge is -1.76. The summed E-state index contributed by atoms with van der Waals surface area (Å²) in [5, 5.41) is 0. The SMILES string of the molecule is C=C=C.C=COC=C.F. The summed E-state index contributed by atoms with van der Waals surface area (Å²) in [5.74, 6) is 0. The van der Waals surface area contributed by atoms with E-state index < -0.39 is 0 Å². The van der Waals surface area contributed by atoms with E-state index in [9.17, 15) is 0 Å². The van der Waals surface area contributed by atoms with Crippen molar-refractivity contribution in [1.82, 2.24) is 0 Å². The topological polar surface area (TPSA) is 9.23 Å². The fraction of sp³-hybridized carbons (Fsp3) is 0. The Labute approximate surface area is 55.0 Å². The van der Waals surface area contributed by atoms with Gasteiger partial charge in [-0.25, -0.2) is 0 Å². The second kappa shape index (κ2) is 29.6. The monoisotopic (exact) mass is 130 g/mol. The number of ether oxygens (including phenoxy) is 1. The van der Waals surface area contributed by atoms with Crippen LogP contribution in [0.5, 0.6) is 0 Å². The van der Waals surface area contributed by atoms with Crippen LogP contribution in [0.15, 0.2) is 44.6 Å². The molecule has 0 aromatic rings. The smallest absolute Gasteiger partial charge is 0.0829 e. The zero-order valence-corrected chi connectivity index (χ0v) is 5.30. The summed E-state index contributed by atoms with van der Waals surface area (Å²) in [6, 6.07) is 0. The Kier molecular flexibility index (Phi) is 51.6. The van der Waals surface area contributed by atoms with Gasteiger partial charge >= 0.3 is 0 Å². The molecule has 0 saturated heterocycles. The van der Waals surface area contributed by atoms with E-state index in [4.69, 9.17) is 0 Å². The summed E-state index contributed by atoms with van der Waals surface area (Å²) in [6.07, 6.45) is 2.62. The summed E-state index contributed by atoms with van der Waals surface area (Å²) in [6.45, 7) is 12.8. The van der Waals surface area contributed by atoms with Crippen molar-refractivity contribution in [3.8, 4) is 0 Å². The molecule has 0 amide bonds. The first-order valence-corrected chi connectivity index (χ1v) is 2.00. The number of rotatable bonds is 2. The minimum absolute atomic E-state index is 0. The summed E-state index contributed by atoms with van der Waals surface area (Å²) in [7, 11) is 0. The van der Waals surface area contributed by atoms with E-state index in [0.29, 0.717) is 0 Å². The molecule has 1 nitrogen and oxygen atoms in total. The maximum atomic E-state index is 4.36. The highest BCUT2D eigenvalue weighted by Crippen LogP contribution is 1.65. The zero-order valence-electron chi connectivity index (χ0n) is 5.30. The molecule has 0 atom stereocenters. The van der Waals surface area contributed by atoms with Crippen LogP contribution in [0.4, 0.5) is 4.70 Å². The first-order chi connectivity index (χ1) is 3.83. The van der Waals surface area contributed by atoms with Crippen LogP contribution in [0, 0.1) is 0 Å². The summed E-state index contributed by atoms with van der Waals surface area (Å²) < 4.78 is 4.36. The molecule has 2 heteroatoms. The van der Waals surface area contributed by atoms with Crippen molar-refractivity contribution in [3.63, 3.8) is 0 Å². The van der Waals surface area contributed by atoms with Gasteiger partial charge in [-0.3, -0.25) is 4.70 Å². The Bertz CT molecular complexity index is 85.1. The molecule has 0 aliphatic heterocycles. The van der Waals surface area contributed by atoms with Gasteiger partial charge in [-0.05, 0) is 0 Å². The van der Waals surface area contributed by atoms with Crippen LogP contribution in [0.1, 0.15) is 0 Å². The first kappa shape index (κ1) is 15.6. The standard InChI is InChI=1S/C4H6O.C3H4.FH/c1-3-5-4-2;1-3-2;/h3-4H,1-2H2;1-2H2;1H. The van der Waals surface area contributed by atoms with Crippen LogP contribution in [-0.2, 0) is 4.74 Å². The lowest BCUT2D eigenvalue weighted by atomic mass is 11.0. The van der Waals surface area contributed by atoms with Crippen molar-refractivity contribution in [3.05, 3.63) is 44.6 Å². The van der Waals surface area contributed by atoms with Crippen molar-refractivity contribution in [1.29, 1.82) is 0 Å². The second-order valence-corrected chi connectivity index (χ2v) is 0.719. The third-order valence-electron chi connectivity index (χ3n) is 0.192. The van der Waals surface area contributed by atoms with Crippen molar-refractivity contribution in [2.75, 3.05) is 0 Å². The molecule has 0 heterocycles. The van der Waals surface area contributed by atoms with Crippen LogP contribution >= 0.6 is 0 Å². The first-order valence-electron chi connectivity index (χ1n) is 2.00. The normalized spacial score (nSPS) is 4.00. The second-order valence-electron chi connectivity index (χ2n) is 0.719. The Hall–Kier alpha value is -1.27. The van der Waals surface area contributed by atoms with Crippen molar-refractivity contribution < 1.29 is 9.44 Å². The average Bonchev–Trinajstić information content (AvgIpc) is 1.71. The van der Waals surface area contributed by atoms with Gasteiger partial charge in [-0.15, -0.1) is 5.73 Å². The molecule has 0 spiro atoms. The summed E-state index contributed by atoms with van der Waals surface area (Å²) >= 11 is 0. The Morgan fingerprint density at radius 1 is 1.11 bits per heavy atom. The van der Waals surface area contributed by atoms with Crippen molar-refractivity contribution in [2.45, 2.75) is 0 Å². The van der Waals surface area contributed by atoms with Gasteiger partial charge in [0, 0.05) is 0 Å². The maximum absolute atomic E-state index is 4.36. The van der Waals surface area contributed by atoms with Gasteiger partial charge in [-0.2, -0.15) is 0 Å². The molecule has 0 saturated carbocycles. The van der Waals surface area contributed by atoms with Crippen LogP contribution in [0.25, 0.3) is 0 Å². The average molecular weight is 130 g/mol. The highest BCUT2D eigenvalue weighted by atomic mass is 19.0. The fourth-order valence-electron chi connectivity index (χ4n) is 0.0680. The fourth-order valence-corrected chi connectivity index (χ4v) is 0.0680. The number of hydrogen-bond donors (Lipinski definition) is 0. The van der Waals surface area contributed by atoms with Crippen molar-refractivity contribution in [2.24, 2.45) is 0 Å². The minimum Gasteiger partial charge on any atom is -0.474 e. The van der Waals surface area contributed by atoms with Gasteiger partial charge in [0.15, 0.2) is 0 Å². The molecular weight excluding hydrogens is 119 g/mol. The van der Waals surface area contributed by atoms with Gasteiger partial charge in [0.25, 0.3) is 0 Å². The molecule has 0 rings (SSSR count). The molecule has 0 N–H and O–H groups in total. The Morgan fingerprint density at radius 3 is 1.33 bits per heavy atom. The molecule has 52 valence electrons. The van der Waals surface area contributed by atoms with E-state index in [2.05, 4.69) is 36.8 Å². The van der Waals surface area contributed by atoms with E-state index >= 15 is 0 Å². The maximum Gasteiger partial charge on any atom is 0.0829 e. The molecule has 0 aromatic heterocycles. The van der Waals surface area contributed by atoms with Gasteiger partial charge in [0.2, 0.25) is 0 Å². The lowest BCUT2D eigenvalue weighted by Crippen LogP contribution is -1.52. The van der Waals surface area contributed by atoms with E-state index in [1.54, 1.807) is 0 Å². The van der Waals surface area contributed by atoms with E-state index in [1.807, 2.05) is 0 Å². The van der Waals surface area contributed by atoms with Crippen molar-refractivity contribution >= 4 is 0 Å². The molecular formula is C7H11FO. The van der Waals surface area contributed by atoms with Gasteiger partial charge in [0.1, 0.15) is 0 Å². The molecule has 0 unspecified atom stereocenters. The highest BCUT2D eigenvalue weighted by Gasteiger charge is 1.45. The highest BCUT2D eigenvalue weighted by molar-refractivity contribution is 4.57. The van der Waals surface area contributed by atoms with E-state index in [1.165, 1.54) is 12.5 Å². The molecule has 0 fully saturated rings. The Morgan fingerprint density at radius 2 is 1.33 bits per heavy atom.